The van der Waals surface area contributed by atoms with Crippen LogP contribution in [0.25, 0.3) is 0 Å². The van der Waals surface area contributed by atoms with Gasteiger partial charge >= 0.3 is 5.97 Å². The number of amides is 1. The Balaban J connectivity index is 1.79. The first-order valence-corrected chi connectivity index (χ1v) is 6.27. The Morgan fingerprint density at radius 2 is 2.37 bits per heavy atom. The van der Waals surface area contributed by atoms with E-state index < -0.39 is 5.97 Å². The SMILES string of the molecule is O=C(O)Cn1cc(CNC(=O)[C@H]2CCCCN2)nn1. The summed E-state index contributed by atoms with van der Waals surface area (Å²) in [5, 5.41) is 22.0. The predicted octanol–water partition coefficient (Wildman–Crippen LogP) is -0.879. The van der Waals surface area contributed by atoms with E-state index in [9.17, 15) is 9.59 Å². The van der Waals surface area contributed by atoms with Crippen LogP contribution in [0.1, 0.15) is 25.0 Å². The van der Waals surface area contributed by atoms with E-state index in [4.69, 9.17) is 5.11 Å². The fourth-order valence-corrected chi connectivity index (χ4v) is 2.01. The molecular formula is C11H17N5O3. The Hall–Kier alpha value is -1.96. The Kier molecular flexibility index (Phi) is 4.45. The van der Waals surface area contributed by atoms with Crippen LogP contribution in [0.5, 0.6) is 0 Å². The van der Waals surface area contributed by atoms with Crippen LogP contribution in [-0.2, 0) is 22.7 Å². The second kappa shape index (κ2) is 6.28. The summed E-state index contributed by atoms with van der Waals surface area (Å²) >= 11 is 0. The summed E-state index contributed by atoms with van der Waals surface area (Å²) in [4.78, 5) is 22.3. The summed E-state index contributed by atoms with van der Waals surface area (Å²) in [5.41, 5.74) is 0.547. The average Bonchev–Trinajstić information content (AvgIpc) is 2.84. The summed E-state index contributed by atoms with van der Waals surface area (Å²) in [6, 6.07) is -0.136. The molecule has 0 unspecified atom stereocenters. The standard InChI is InChI=1S/C11H17N5O3/c17-10(18)7-16-6-8(14-15-16)5-13-11(19)9-3-1-2-4-12-9/h6,9,12H,1-5,7H2,(H,13,19)(H,17,18)/t9-/m1/s1. The second-order valence-electron chi connectivity index (χ2n) is 4.52. The molecule has 2 heterocycles. The van der Waals surface area contributed by atoms with Gasteiger partial charge in [-0.2, -0.15) is 0 Å². The average molecular weight is 267 g/mol. The molecule has 1 aliphatic heterocycles. The first-order chi connectivity index (χ1) is 9.15. The molecule has 0 spiro atoms. The van der Waals surface area contributed by atoms with Crippen molar-refractivity contribution in [3.8, 4) is 0 Å². The lowest BCUT2D eigenvalue weighted by Gasteiger charge is -2.22. The van der Waals surface area contributed by atoms with Gasteiger partial charge in [-0.3, -0.25) is 9.59 Å². The molecule has 0 aliphatic carbocycles. The summed E-state index contributed by atoms with van der Waals surface area (Å²) < 4.78 is 1.22. The Bertz CT molecular complexity index is 453. The van der Waals surface area contributed by atoms with Crippen molar-refractivity contribution in [2.24, 2.45) is 0 Å². The minimum absolute atomic E-state index is 0.0486. The van der Waals surface area contributed by atoms with Crippen molar-refractivity contribution in [3.63, 3.8) is 0 Å². The second-order valence-corrected chi connectivity index (χ2v) is 4.52. The van der Waals surface area contributed by atoms with Crippen LogP contribution in [0.4, 0.5) is 0 Å². The lowest BCUT2D eigenvalue weighted by atomic mass is 10.0. The number of nitrogens with one attached hydrogen (secondary N) is 2. The third-order valence-electron chi connectivity index (χ3n) is 2.95. The third kappa shape index (κ3) is 4.02. The van der Waals surface area contributed by atoms with Gasteiger partial charge in [0, 0.05) is 0 Å². The largest absolute Gasteiger partial charge is 0.480 e. The van der Waals surface area contributed by atoms with Crippen molar-refractivity contribution in [2.75, 3.05) is 6.54 Å². The van der Waals surface area contributed by atoms with E-state index in [1.54, 1.807) is 0 Å². The highest BCUT2D eigenvalue weighted by Crippen LogP contribution is 2.06. The molecule has 8 nitrogen and oxygen atoms in total. The van der Waals surface area contributed by atoms with Crippen LogP contribution in [0.15, 0.2) is 6.20 Å². The van der Waals surface area contributed by atoms with Crippen molar-refractivity contribution >= 4 is 11.9 Å². The van der Waals surface area contributed by atoms with E-state index in [0.29, 0.717) is 5.69 Å². The van der Waals surface area contributed by atoms with E-state index in [0.717, 1.165) is 25.8 Å². The van der Waals surface area contributed by atoms with Gasteiger partial charge in [-0.15, -0.1) is 5.10 Å². The fraction of sp³-hybridized carbons (Fsp3) is 0.636. The van der Waals surface area contributed by atoms with Gasteiger partial charge in [0.25, 0.3) is 0 Å². The molecule has 1 fully saturated rings. The molecule has 2 rings (SSSR count). The van der Waals surface area contributed by atoms with Gasteiger partial charge in [-0.25, -0.2) is 4.68 Å². The van der Waals surface area contributed by atoms with Crippen LogP contribution < -0.4 is 10.6 Å². The highest BCUT2D eigenvalue weighted by molar-refractivity contribution is 5.81. The maximum absolute atomic E-state index is 11.8. The smallest absolute Gasteiger partial charge is 0.325 e. The topological polar surface area (TPSA) is 109 Å². The molecule has 19 heavy (non-hydrogen) atoms. The van der Waals surface area contributed by atoms with E-state index in [2.05, 4.69) is 20.9 Å². The molecule has 1 aliphatic rings. The molecular weight excluding hydrogens is 250 g/mol. The number of piperidine rings is 1. The molecule has 3 N–H and O–H groups in total. The molecule has 0 aromatic carbocycles. The predicted molar refractivity (Wildman–Crippen MR) is 65.1 cm³/mol. The molecule has 104 valence electrons. The number of rotatable bonds is 5. The quantitative estimate of drug-likeness (QED) is 0.639. The van der Waals surface area contributed by atoms with Crippen LogP contribution >= 0.6 is 0 Å². The zero-order valence-electron chi connectivity index (χ0n) is 10.5. The number of carbonyl (C=O) groups is 2. The van der Waals surface area contributed by atoms with Crippen molar-refractivity contribution in [2.45, 2.75) is 38.4 Å². The van der Waals surface area contributed by atoms with Gasteiger partial charge in [0.15, 0.2) is 0 Å². The lowest BCUT2D eigenvalue weighted by Crippen LogP contribution is -2.46. The summed E-state index contributed by atoms with van der Waals surface area (Å²) in [7, 11) is 0. The van der Waals surface area contributed by atoms with Crippen LogP contribution in [0.3, 0.4) is 0 Å². The van der Waals surface area contributed by atoms with Gasteiger partial charge < -0.3 is 15.7 Å². The number of carbonyl (C=O) groups excluding carboxylic acids is 1. The van der Waals surface area contributed by atoms with Gasteiger partial charge in [0.1, 0.15) is 12.2 Å². The number of carboxylic acid groups (broad SMARTS) is 1. The molecule has 1 aromatic rings. The van der Waals surface area contributed by atoms with E-state index in [1.165, 1.54) is 10.9 Å². The van der Waals surface area contributed by atoms with Gasteiger partial charge in [-0.1, -0.05) is 11.6 Å². The summed E-state index contributed by atoms with van der Waals surface area (Å²) in [5.74, 6) is -1.03. The lowest BCUT2D eigenvalue weighted by molar-refractivity contribution is -0.138. The van der Waals surface area contributed by atoms with E-state index >= 15 is 0 Å². The first kappa shape index (κ1) is 13.5. The zero-order chi connectivity index (χ0) is 13.7. The van der Waals surface area contributed by atoms with Gasteiger partial charge in [0.05, 0.1) is 18.8 Å². The first-order valence-electron chi connectivity index (χ1n) is 6.27. The molecule has 0 bridgehead atoms. The highest BCUT2D eigenvalue weighted by Gasteiger charge is 2.20. The van der Waals surface area contributed by atoms with Crippen LogP contribution in [0, 0.1) is 0 Å². The molecule has 1 amide bonds. The normalized spacial score (nSPS) is 19.1. The van der Waals surface area contributed by atoms with Crippen molar-refractivity contribution in [1.29, 1.82) is 0 Å². The highest BCUT2D eigenvalue weighted by atomic mass is 16.4. The van der Waals surface area contributed by atoms with Gasteiger partial charge in [-0.05, 0) is 19.4 Å². The number of aliphatic carboxylic acids is 1. The van der Waals surface area contributed by atoms with Crippen LogP contribution in [0.2, 0.25) is 0 Å². The molecule has 8 heteroatoms. The number of hydrogen-bond donors (Lipinski definition) is 3. The van der Waals surface area contributed by atoms with Crippen molar-refractivity contribution in [1.82, 2.24) is 25.6 Å². The molecule has 1 saturated heterocycles. The number of nitrogens with zero attached hydrogens (tertiary/aromatic N) is 3. The molecule has 1 atom stereocenters. The Morgan fingerprint density at radius 3 is 3.05 bits per heavy atom. The monoisotopic (exact) mass is 267 g/mol. The number of aromatic nitrogens is 3. The molecule has 0 saturated carbocycles. The minimum Gasteiger partial charge on any atom is -0.480 e. The van der Waals surface area contributed by atoms with Crippen molar-refractivity contribution < 1.29 is 14.7 Å². The zero-order valence-corrected chi connectivity index (χ0v) is 10.5. The maximum Gasteiger partial charge on any atom is 0.325 e. The maximum atomic E-state index is 11.8. The summed E-state index contributed by atoms with van der Waals surface area (Å²) in [6.45, 7) is 0.897. The van der Waals surface area contributed by atoms with E-state index in [1.807, 2.05) is 0 Å². The molecule has 0 radical (unpaired) electrons. The summed E-state index contributed by atoms with van der Waals surface area (Å²) in [6.07, 6.45) is 4.52. The third-order valence-corrected chi connectivity index (χ3v) is 2.95. The van der Waals surface area contributed by atoms with E-state index in [-0.39, 0.29) is 25.0 Å². The van der Waals surface area contributed by atoms with Crippen LogP contribution in [-0.4, -0.2) is 44.6 Å². The Labute approximate surface area is 110 Å². The fourth-order valence-electron chi connectivity index (χ4n) is 2.01. The minimum atomic E-state index is -0.980. The number of hydrogen-bond acceptors (Lipinski definition) is 5. The Morgan fingerprint density at radius 1 is 1.53 bits per heavy atom. The van der Waals surface area contributed by atoms with Gasteiger partial charge in [0.2, 0.25) is 5.91 Å². The molecule has 1 aromatic heterocycles. The van der Waals surface area contributed by atoms with Crippen molar-refractivity contribution in [3.05, 3.63) is 11.9 Å². The number of carboxylic acids is 1.